The molecule has 5 rings (SSSR count). The van der Waals surface area contributed by atoms with E-state index in [1.54, 1.807) is 12.1 Å². The van der Waals surface area contributed by atoms with Crippen LogP contribution in [0.4, 0.5) is 4.39 Å². The third kappa shape index (κ3) is 5.22. The molecular formula is C27H26FN3O7. The van der Waals surface area contributed by atoms with E-state index in [9.17, 15) is 28.4 Å². The molecule has 38 heavy (non-hydrogen) atoms. The molecule has 1 saturated carbocycles. The van der Waals surface area contributed by atoms with Crippen LogP contribution in [0.3, 0.4) is 0 Å². The Balaban J connectivity index is 1.19. The Kier molecular flexibility index (Phi) is 7.08. The van der Waals surface area contributed by atoms with Gasteiger partial charge in [0.2, 0.25) is 11.8 Å². The number of nitrogens with zero attached hydrogens (tertiary/aromatic N) is 1. The van der Waals surface area contributed by atoms with Crippen molar-refractivity contribution in [2.24, 2.45) is 0 Å². The van der Waals surface area contributed by atoms with Gasteiger partial charge in [-0.3, -0.25) is 34.2 Å². The molecule has 5 amide bonds. The first-order valence-electron chi connectivity index (χ1n) is 12.5. The quantitative estimate of drug-likeness (QED) is 0.532. The smallest absolute Gasteiger partial charge is 0.262 e. The van der Waals surface area contributed by atoms with Gasteiger partial charge in [0.1, 0.15) is 29.5 Å². The molecule has 0 radical (unpaired) electrons. The van der Waals surface area contributed by atoms with Gasteiger partial charge in [0.25, 0.3) is 17.7 Å². The molecule has 3 aliphatic rings. The van der Waals surface area contributed by atoms with E-state index in [-0.39, 0.29) is 60.2 Å². The van der Waals surface area contributed by atoms with E-state index in [2.05, 4.69) is 10.6 Å². The van der Waals surface area contributed by atoms with Gasteiger partial charge in [-0.05, 0) is 68.1 Å². The number of hydrogen-bond acceptors (Lipinski definition) is 7. The molecular weight excluding hydrogens is 497 g/mol. The number of carbonyl (C=O) groups is 5. The number of hydrogen-bond donors (Lipinski definition) is 2. The topological polar surface area (TPSA) is 131 Å². The second-order valence-electron chi connectivity index (χ2n) is 9.51. The standard InChI is InChI=1S/C27H26FN3O7/c28-15-5-7-16(8-6-15)38-22-4-2-1-3-20(22)29-24(33)14-37-17-9-10-18-19(13-17)27(36)31(26(18)35)21-11-12-23(32)30-25(21)34/h5-10,13,20-22H,1-4,11-12,14H2,(H,29,33)(H,30,32,34). The van der Waals surface area contributed by atoms with Crippen LogP contribution in [-0.4, -0.2) is 59.2 Å². The van der Waals surface area contributed by atoms with Gasteiger partial charge in [-0.15, -0.1) is 0 Å². The van der Waals surface area contributed by atoms with Crippen LogP contribution in [-0.2, 0) is 14.4 Å². The minimum atomic E-state index is -1.06. The molecule has 11 heteroatoms. The summed E-state index contributed by atoms with van der Waals surface area (Å²) in [5.41, 5.74) is 0.192. The van der Waals surface area contributed by atoms with Crippen LogP contribution < -0.4 is 20.1 Å². The fraction of sp³-hybridized carbons (Fsp3) is 0.370. The van der Waals surface area contributed by atoms with E-state index in [1.807, 2.05) is 0 Å². The highest BCUT2D eigenvalue weighted by atomic mass is 19.1. The van der Waals surface area contributed by atoms with Crippen LogP contribution in [0, 0.1) is 5.82 Å². The lowest BCUT2D eigenvalue weighted by Crippen LogP contribution is -2.54. The van der Waals surface area contributed by atoms with Crippen LogP contribution in [0.2, 0.25) is 0 Å². The minimum absolute atomic E-state index is 0.0318. The summed E-state index contributed by atoms with van der Waals surface area (Å²) in [5.74, 6) is -2.40. The van der Waals surface area contributed by atoms with Gasteiger partial charge in [-0.2, -0.15) is 0 Å². The lowest BCUT2D eigenvalue weighted by Gasteiger charge is -2.32. The third-order valence-corrected chi connectivity index (χ3v) is 6.93. The van der Waals surface area contributed by atoms with Crippen molar-refractivity contribution in [1.29, 1.82) is 0 Å². The number of ether oxygens (including phenoxy) is 2. The van der Waals surface area contributed by atoms with Gasteiger partial charge in [0.05, 0.1) is 17.2 Å². The molecule has 1 saturated heterocycles. The Morgan fingerprint density at radius 1 is 0.947 bits per heavy atom. The number of nitrogens with one attached hydrogen (secondary N) is 2. The summed E-state index contributed by atoms with van der Waals surface area (Å²) < 4.78 is 24.8. The molecule has 0 bridgehead atoms. The van der Waals surface area contributed by atoms with Crippen molar-refractivity contribution in [3.8, 4) is 11.5 Å². The fourth-order valence-electron chi connectivity index (χ4n) is 5.03. The number of fused-ring (bicyclic) bond motifs is 1. The zero-order valence-corrected chi connectivity index (χ0v) is 20.4. The molecule has 2 heterocycles. The van der Waals surface area contributed by atoms with Crippen LogP contribution in [0.15, 0.2) is 42.5 Å². The summed E-state index contributed by atoms with van der Waals surface area (Å²) in [6.45, 7) is -0.322. The largest absolute Gasteiger partial charge is 0.488 e. The Bertz CT molecular complexity index is 1300. The second kappa shape index (κ2) is 10.6. The van der Waals surface area contributed by atoms with E-state index < -0.39 is 29.7 Å². The van der Waals surface area contributed by atoms with Gasteiger partial charge in [-0.25, -0.2) is 4.39 Å². The lowest BCUT2D eigenvalue weighted by molar-refractivity contribution is -0.136. The summed E-state index contributed by atoms with van der Waals surface area (Å²) in [6, 6.07) is 8.70. The fourth-order valence-corrected chi connectivity index (χ4v) is 5.03. The first kappa shape index (κ1) is 25.4. The average Bonchev–Trinajstić information content (AvgIpc) is 3.14. The summed E-state index contributed by atoms with van der Waals surface area (Å²) in [4.78, 5) is 62.9. The second-order valence-corrected chi connectivity index (χ2v) is 9.51. The van der Waals surface area contributed by atoms with Crippen molar-refractivity contribution in [1.82, 2.24) is 15.5 Å². The molecule has 2 fully saturated rings. The number of imide groups is 2. The Morgan fingerprint density at radius 3 is 2.42 bits per heavy atom. The molecule has 0 aromatic heterocycles. The molecule has 3 atom stereocenters. The Labute approximate surface area is 217 Å². The van der Waals surface area contributed by atoms with Crippen LogP contribution in [0.25, 0.3) is 0 Å². The SMILES string of the molecule is O=C1CCC(N2C(=O)c3ccc(OCC(=O)NC4CCCCC4Oc4ccc(F)cc4)cc3C2=O)C(=O)N1. The highest BCUT2D eigenvalue weighted by Gasteiger charge is 2.44. The average molecular weight is 524 g/mol. The van der Waals surface area contributed by atoms with Crippen molar-refractivity contribution in [3.63, 3.8) is 0 Å². The summed E-state index contributed by atoms with van der Waals surface area (Å²) in [6.07, 6.45) is 3.18. The molecule has 2 aliphatic heterocycles. The predicted molar refractivity (Wildman–Crippen MR) is 130 cm³/mol. The number of halogens is 1. The van der Waals surface area contributed by atoms with Gasteiger partial charge in [0, 0.05) is 6.42 Å². The molecule has 2 aromatic rings. The maximum absolute atomic E-state index is 13.2. The number of amides is 5. The maximum Gasteiger partial charge on any atom is 0.262 e. The molecule has 3 unspecified atom stereocenters. The summed E-state index contributed by atoms with van der Waals surface area (Å²) >= 11 is 0. The number of carbonyl (C=O) groups excluding carboxylic acids is 5. The maximum atomic E-state index is 13.2. The first-order valence-corrected chi connectivity index (χ1v) is 12.5. The zero-order valence-electron chi connectivity index (χ0n) is 20.4. The summed E-state index contributed by atoms with van der Waals surface area (Å²) in [5, 5.41) is 5.09. The molecule has 2 aromatic carbocycles. The molecule has 1 aliphatic carbocycles. The van der Waals surface area contributed by atoms with Crippen molar-refractivity contribution < 1.29 is 37.8 Å². The van der Waals surface area contributed by atoms with Crippen LogP contribution in [0.1, 0.15) is 59.2 Å². The van der Waals surface area contributed by atoms with Gasteiger partial charge in [-0.1, -0.05) is 6.42 Å². The highest BCUT2D eigenvalue weighted by Crippen LogP contribution is 2.30. The molecule has 0 spiro atoms. The van der Waals surface area contributed by atoms with Crippen LogP contribution in [0.5, 0.6) is 11.5 Å². The van der Waals surface area contributed by atoms with E-state index in [0.29, 0.717) is 5.75 Å². The van der Waals surface area contributed by atoms with E-state index in [1.165, 1.54) is 30.3 Å². The molecule has 198 valence electrons. The van der Waals surface area contributed by atoms with Crippen molar-refractivity contribution in [3.05, 3.63) is 59.4 Å². The number of piperidine rings is 1. The van der Waals surface area contributed by atoms with Crippen molar-refractivity contribution >= 4 is 29.5 Å². The Hall–Kier alpha value is -4.28. The van der Waals surface area contributed by atoms with Gasteiger partial charge in [0.15, 0.2) is 6.61 Å². The molecule has 10 nitrogen and oxygen atoms in total. The summed E-state index contributed by atoms with van der Waals surface area (Å²) in [7, 11) is 0. The normalized spacial score (nSPS) is 23.1. The van der Waals surface area contributed by atoms with Crippen molar-refractivity contribution in [2.75, 3.05) is 6.61 Å². The number of rotatable bonds is 7. The first-order chi connectivity index (χ1) is 18.3. The number of benzene rings is 2. The Morgan fingerprint density at radius 2 is 1.66 bits per heavy atom. The van der Waals surface area contributed by atoms with E-state index >= 15 is 0 Å². The highest BCUT2D eigenvalue weighted by molar-refractivity contribution is 6.23. The van der Waals surface area contributed by atoms with Gasteiger partial charge >= 0.3 is 0 Å². The van der Waals surface area contributed by atoms with E-state index in [0.717, 1.165) is 30.6 Å². The predicted octanol–water partition coefficient (Wildman–Crippen LogP) is 2.11. The van der Waals surface area contributed by atoms with Crippen LogP contribution >= 0.6 is 0 Å². The minimum Gasteiger partial charge on any atom is -0.488 e. The van der Waals surface area contributed by atoms with Crippen molar-refractivity contribution in [2.45, 2.75) is 56.7 Å². The third-order valence-electron chi connectivity index (χ3n) is 6.93. The van der Waals surface area contributed by atoms with Gasteiger partial charge < -0.3 is 14.8 Å². The lowest BCUT2D eigenvalue weighted by atomic mass is 9.92. The molecule has 2 N–H and O–H groups in total. The zero-order chi connectivity index (χ0) is 26.8. The monoisotopic (exact) mass is 523 g/mol. The van der Waals surface area contributed by atoms with E-state index in [4.69, 9.17) is 9.47 Å².